The van der Waals surface area contributed by atoms with E-state index >= 15 is 0 Å². The van der Waals surface area contributed by atoms with E-state index in [1.165, 1.54) is 15.9 Å². The molecule has 2 saturated heterocycles. The molecule has 4 amide bonds. The van der Waals surface area contributed by atoms with Gasteiger partial charge >= 0.3 is 6.03 Å². The molecule has 1 N–H and O–H groups in total. The van der Waals surface area contributed by atoms with Gasteiger partial charge in [0, 0.05) is 13.1 Å². The molecule has 0 atom stereocenters. The second-order valence-electron chi connectivity index (χ2n) is 7.78. The van der Waals surface area contributed by atoms with Gasteiger partial charge in [-0.1, -0.05) is 35.9 Å². The quantitative estimate of drug-likeness (QED) is 0.787. The fourth-order valence-electron chi connectivity index (χ4n) is 3.99. The van der Waals surface area contributed by atoms with Crippen LogP contribution in [0.1, 0.15) is 34.3 Å². The van der Waals surface area contributed by atoms with Crippen LogP contribution < -0.4 is 5.32 Å². The van der Waals surface area contributed by atoms with E-state index in [9.17, 15) is 23.2 Å². The Balaban J connectivity index is 1.46. The maximum absolute atomic E-state index is 13.9. The second kappa shape index (κ2) is 7.51. The number of urea groups is 1. The molecule has 30 heavy (non-hydrogen) atoms. The minimum atomic E-state index is -1.09. The molecule has 0 unspecified atom stereocenters. The molecule has 0 bridgehead atoms. The molecule has 2 heterocycles. The Kier molecular flexibility index (Phi) is 5.01. The molecule has 0 saturated carbocycles. The van der Waals surface area contributed by atoms with Crippen molar-refractivity contribution in [2.75, 3.05) is 13.1 Å². The first kappa shape index (κ1) is 20.0. The zero-order valence-corrected chi connectivity index (χ0v) is 16.5. The molecule has 0 aliphatic carbocycles. The van der Waals surface area contributed by atoms with Crippen LogP contribution in [0.3, 0.4) is 0 Å². The summed E-state index contributed by atoms with van der Waals surface area (Å²) in [4.78, 5) is 40.6. The standard InChI is InChI=1S/C22H21F2N3O3/c1-14-5-7-15(8-6-14)13-27-20(29)22(25-21(27)30)9-11-26(12-10-22)19(28)18-16(23)3-2-4-17(18)24/h2-8H,9-13H2,1H3,(H,25,30). The van der Waals surface area contributed by atoms with E-state index in [0.717, 1.165) is 23.3 Å². The van der Waals surface area contributed by atoms with Gasteiger partial charge in [0.05, 0.1) is 6.54 Å². The van der Waals surface area contributed by atoms with Crippen molar-refractivity contribution in [3.63, 3.8) is 0 Å². The van der Waals surface area contributed by atoms with Crippen LogP contribution in [0.5, 0.6) is 0 Å². The van der Waals surface area contributed by atoms with E-state index in [-0.39, 0.29) is 38.4 Å². The average molecular weight is 413 g/mol. The van der Waals surface area contributed by atoms with Gasteiger partial charge in [0.15, 0.2) is 0 Å². The number of likely N-dealkylation sites (tertiary alicyclic amines) is 1. The highest BCUT2D eigenvalue weighted by molar-refractivity contribution is 6.07. The third-order valence-electron chi connectivity index (χ3n) is 5.79. The van der Waals surface area contributed by atoms with Gasteiger partial charge in [0.1, 0.15) is 22.7 Å². The number of carbonyl (C=O) groups excluding carboxylic acids is 3. The first-order chi connectivity index (χ1) is 14.3. The maximum Gasteiger partial charge on any atom is 0.325 e. The summed E-state index contributed by atoms with van der Waals surface area (Å²) in [5.41, 5.74) is 0.225. The monoisotopic (exact) mass is 413 g/mol. The van der Waals surface area contributed by atoms with Crippen LogP contribution >= 0.6 is 0 Å². The van der Waals surface area contributed by atoms with Crippen molar-refractivity contribution < 1.29 is 23.2 Å². The van der Waals surface area contributed by atoms with Gasteiger partial charge in [-0.05, 0) is 37.5 Å². The Morgan fingerprint density at radius 3 is 2.23 bits per heavy atom. The number of imide groups is 1. The highest BCUT2D eigenvalue weighted by Crippen LogP contribution is 2.31. The number of halogens is 2. The molecular weight excluding hydrogens is 392 g/mol. The van der Waals surface area contributed by atoms with Gasteiger partial charge in [0.2, 0.25) is 0 Å². The van der Waals surface area contributed by atoms with E-state index in [0.29, 0.717) is 0 Å². The Bertz CT molecular complexity index is 995. The summed E-state index contributed by atoms with van der Waals surface area (Å²) in [7, 11) is 0. The first-order valence-corrected chi connectivity index (χ1v) is 9.74. The summed E-state index contributed by atoms with van der Waals surface area (Å²) in [6.07, 6.45) is 0.369. The van der Waals surface area contributed by atoms with Crippen LogP contribution in [-0.2, 0) is 11.3 Å². The number of amides is 4. The Morgan fingerprint density at radius 2 is 1.63 bits per heavy atom. The van der Waals surface area contributed by atoms with Gasteiger partial charge in [-0.15, -0.1) is 0 Å². The van der Waals surface area contributed by atoms with Crippen LogP contribution in [0.15, 0.2) is 42.5 Å². The molecule has 1 spiro atoms. The fourth-order valence-corrected chi connectivity index (χ4v) is 3.99. The number of hydrogen-bond donors (Lipinski definition) is 1. The maximum atomic E-state index is 13.9. The van der Waals surface area contributed by atoms with E-state index in [1.54, 1.807) is 0 Å². The van der Waals surface area contributed by atoms with Crippen molar-refractivity contribution in [1.29, 1.82) is 0 Å². The van der Waals surface area contributed by atoms with Crippen molar-refractivity contribution in [3.05, 3.63) is 70.8 Å². The number of hydrogen-bond acceptors (Lipinski definition) is 3. The smallest absolute Gasteiger partial charge is 0.325 e. The highest BCUT2D eigenvalue weighted by atomic mass is 19.1. The molecule has 0 radical (unpaired) electrons. The summed E-state index contributed by atoms with van der Waals surface area (Å²) in [6, 6.07) is 10.3. The fraction of sp³-hybridized carbons (Fsp3) is 0.318. The lowest BCUT2D eigenvalue weighted by atomic mass is 9.87. The van der Waals surface area contributed by atoms with Gasteiger partial charge in [0.25, 0.3) is 11.8 Å². The number of nitrogens with zero attached hydrogens (tertiary/aromatic N) is 2. The minimum Gasteiger partial charge on any atom is -0.338 e. The Hall–Kier alpha value is -3.29. The van der Waals surface area contributed by atoms with Crippen LogP contribution in [0.25, 0.3) is 0 Å². The predicted octanol–water partition coefficient (Wildman–Crippen LogP) is 3.00. The van der Waals surface area contributed by atoms with Crippen molar-refractivity contribution >= 4 is 17.8 Å². The van der Waals surface area contributed by atoms with Crippen molar-refractivity contribution in [2.45, 2.75) is 31.8 Å². The molecule has 2 fully saturated rings. The second-order valence-corrected chi connectivity index (χ2v) is 7.78. The third-order valence-corrected chi connectivity index (χ3v) is 5.79. The number of benzene rings is 2. The summed E-state index contributed by atoms with van der Waals surface area (Å²) in [5, 5.41) is 2.77. The van der Waals surface area contributed by atoms with Crippen molar-refractivity contribution in [2.24, 2.45) is 0 Å². The Morgan fingerprint density at radius 1 is 1.03 bits per heavy atom. The highest BCUT2D eigenvalue weighted by Gasteiger charge is 2.52. The lowest BCUT2D eigenvalue weighted by molar-refractivity contribution is -0.133. The minimum absolute atomic E-state index is 0.108. The topological polar surface area (TPSA) is 69.7 Å². The average Bonchev–Trinajstić information content (AvgIpc) is 2.94. The normalized spacial score (nSPS) is 18.1. The molecule has 2 aliphatic rings. The molecule has 0 aromatic heterocycles. The van der Waals surface area contributed by atoms with Gasteiger partial charge in [-0.3, -0.25) is 14.5 Å². The number of piperidine rings is 1. The Labute approximate surface area is 172 Å². The third kappa shape index (κ3) is 3.42. The molecular formula is C22H21F2N3O3. The summed E-state index contributed by atoms with van der Waals surface area (Å²) in [6.45, 7) is 2.33. The zero-order valence-electron chi connectivity index (χ0n) is 16.5. The molecule has 8 heteroatoms. The van der Waals surface area contributed by atoms with E-state index in [4.69, 9.17) is 0 Å². The lowest BCUT2D eigenvalue weighted by Crippen LogP contribution is -2.56. The largest absolute Gasteiger partial charge is 0.338 e. The van der Waals surface area contributed by atoms with Crippen LogP contribution in [-0.4, -0.2) is 46.3 Å². The molecule has 6 nitrogen and oxygen atoms in total. The molecule has 2 aromatic carbocycles. The van der Waals surface area contributed by atoms with E-state index in [1.807, 2.05) is 31.2 Å². The van der Waals surface area contributed by atoms with Gasteiger partial charge in [-0.2, -0.15) is 0 Å². The van der Waals surface area contributed by atoms with Crippen molar-refractivity contribution in [1.82, 2.24) is 15.1 Å². The molecule has 2 aromatic rings. The van der Waals surface area contributed by atoms with Crippen LogP contribution in [0.2, 0.25) is 0 Å². The summed E-state index contributed by atoms with van der Waals surface area (Å²) < 4.78 is 27.9. The number of rotatable bonds is 3. The summed E-state index contributed by atoms with van der Waals surface area (Å²) in [5.74, 6) is -2.93. The number of nitrogens with one attached hydrogen (secondary N) is 1. The SMILES string of the molecule is Cc1ccc(CN2C(=O)NC3(CCN(C(=O)c4c(F)cccc4F)CC3)C2=O)cc1. The van der Waals surface area contributed by atoms with Gasteiger partial charge in [-0.25, -0.2) is 13.6 Å². The number of carbonyl (C=O) groups is 3. The molecule has 156 valence electrons. The van der Waals surface area contributed by atoms with E-state index in [2.05, 4.69) is 5.32 Å². The summed E-state index contributed by atoms with van der Waals surface area (Å²) >= 11 is 0. The molecule has 2 aliphatic heterocycles. The predicted molar refractivity (Wildman–Crippen MR) is 104 cm³/mol. The van der Waals surface area contributed by atoms with Crippen LogP contribution in [0.4, 0.5) is 13.6 Å². The molecule has 4 rings (SSSR count). The number of aryl methyl sites for hydroxylation is 1. The first-order valence-electron chi connectivity index (χ1n) is 9.74. The van der Waals surface area contributed by atoms with Crippen LogP contribution in [0, 0.1) is 18.6 Å². The lowest BCUT2D eigenvalue weighted by Gasteiger charge is -2.37. The van der Waals surface area contributed by atoms with Crippen molar-refractivity contribution in [3.8, 4) is 0 Å². The van der Waals surface area contributed by atoms with Gasteiger partial charge < -0.3 is 10.2 Å². The zero-order chi connectivity index (χ0) is 21.5. The van der Waals surface area contributed by atoms with E-state index < -0.39 is 34.7 Å².